The summed E-state index contributed by atoms with van der Waals surface area (Å²) in [5.41, 5.74) is 0. The number of rotatable bonds is 12. The quantitative estimate of drug-likeness (QED) is 0.376. The largest absolute Gasteiger partial charge is 0.481 e. The Kier molecular flexibility index (Phi) is 9.12. The number of unbranched alkanes of at least 4 members (excludes halogenated alkanes) is 5. The maximum absolute atomic E-state index is 10.6. The molecule has 0 fully saturated rings. The van der Waals surface area contributed by atoms with E-state index < -0.39 is 14.3 Å². The van der Waals surface area contributed by atoms with Crippen molar-refractivity contribution < 1.29 is 14.3 Å². The van der Waals surface area contributed by atoms with Gasteiger partial charge in [-0.3, -0.25) is 4.79 Å². The van der Waals surface area contributed by atoms with Gasteiger partial charge in [0.1, 0.15) is 0 Å². The molecule has 4 heteroatoms. The molecule has 0 saturated heterocycles. The van der Waals surface area contributed by atoms with Crippen LogP contribution in [0.25, 0.3) is 0 Å². The van der Waals surface area contributed by atoms with Crippen LogP contribution in [0, 0.1) is 0 Å². The summed E-state index contributed by atoms with van der Waals surface area (Å²) in [6.07, 6.45) is 6.50. The fraction of sp³-hybridized carbons (Fsp3) is 0.480. The molecule has 3 nitrogen and oxygen atoms in total. The molecule has 2 aromatic rings. The molecule has 2 aromatic carbocycles. The topological polar surface area (TPSA) is 46.5 Å². The molecule has 158 valence electrons. The minimum atomic E-state index is -2.41. The summed E-state index contributed by atoms with van der Waals surface area (Å²) in [4.78, 5) is 10.6. The Morgan fingerprint density at radius 1 is 0.793 bits per heavy atom. The van der Waals surface area contributed by atoms with Gasteiger partial charge in [-0.15, -0.1) is 0 Å². The average Bonchev–Trinajstić information content (AvgIpc) is 2.70. The van der Waals surface area contributed by atoms with Gasteiger partial charge < -0.3 is 9.53 Å². The maximum atomic E-state index is 10.6. The van der Waals surface area contributed by atoms with Gasteiger partial charge in [-0.2, -0.15) is 0 Å². The third-order valence-electron chi connectivity index (χ3n) is 5.52. The number of aliphatic carboxylic acids is 1. The van der Waals surface area contributed by atoms with Crippen LogP contribution in [0.4, 0.5) is 0 Å². The number of carboxylic acids is 1. The molecule has 0 aliphatic heterocycles. The SMILES string of the molecule is CC(C)(C)[Si](OCCCCCCCCC(=O)O)(c1ccccc1)c1ccccc1. The molecule has 0 aliphatic carbocycles. The Labute approximate surface area is 177 Å². The summed E-state index contributed by atoms with van der Waals surface area (Å²) >= 11 is 0. The molecule has 0 atom stereocenters. The predicted octanol–water partition coefficient (Wildman–Crippen LogP) is 5.38. The molecule has 0 bridgehead atoms. The standard InChI is InChI=1S/C25H36O3Si/c1-25(2,3)29(22-16-10-8-11-17-22,23-18-12-9-13-19-23)28-21-15-7-5-4-6-14-20-24(26)27/h8-13,16-19H,4-7,14-15,20-21H2,1-3H3,(H,26,27). The van der Waals surface area contributed by atoms with Crippen LogP contribution in [0.15, 0.2) is 60.7 Å². The minimum Gasteiger partial charge on any atom is -0.481 e. The first-order valence-electron chi connectivity index (χ1n) is 10.8. The molecule has 0 aliphatic rings. The average molecular weight is 413 g/mol. The van der Waals surface area contributed by atoms with E-state index in [2.05, 4.69) is 81.4 Å². The maximum Gasteiger partial charge on any atom is 0.303 e. The Balaban J connectivity index is 2.03. The van der Waals surface area contributed by atoms with Gasteiger partial charge >= 0.3 is 5.97 Å². The number of hydrogen-bond donors (Lipinski definition) is 1. The predicted molar refractivity (Wildman–Crippen MR) is 124 cm³/mol. The zero-order chi connectivity index (χ0) is 21.2. The molecule has 0 radical (unpaired) electrons. The van der Waals surface area contributed by atoms with Gasteiger partial charge in [0.15, 0.2) is 0 Å². The fourth-order valence-corrected chi connectivity index (χ4v) is 8.68. The van der Waals surface area contributed by atoms with Crippen LogP contribution in [0.3, 0.4) is 0 Å². The zero-order valence-electron chi connectivity index (χ0n) is 18.2. The molecule has 2 rings (SSSR count). The minimum absolute atomic E-state index is 0.0204. The number of carboxylic acid groups (broad SMARTS) is 1. The highest BCUT2D eigenvalue weighted by Crippen LogP contribution is 2.36. The van der Waals surface area contributed by atoms with E-state index >= 15 is 0 Å². The van der Waals surface area contributed by atoms with Crippen LogP contribution >= 0.6 is 0 Å². The van der Waals surface area contributed by atoms with E-state index in [1.54, 1.807) is 0 Å². The monoisotopic (exact) mass is 412 g/mol. The van der Waals surface area contributed by atoms with Gasteiger partial charge in [-0.1, -0.05) is 107 Å². The zero-order valence-corrected chi connectivity index (χ0v) is 19.2. The first-order valence-corrected chi connectivity index (χ1v) is 12.8. The normalized spacial score (nSPS) is 12.1. The molecule has 1 N–H and O–H groups in total. The molecule has 0 spiro atoms. The van der Waals surface area contributed by atoms with Crippen LogP contribution in [-0.4, -0.2) is 26.0 Å². The lowest BCUT2D eigenvalue weighted by molar-refractivity contribution is -0.137. The van der Waals surface area contributed by atoms with E-state index in [1.165, 1.54) is 10.4 Å². The highest BCUT2D eigenvalue weighted by Gasteiger charge is 2.49. The van der Waals surface area contributed by atoms with E-state index in [4.69, 9.17) is 9.53 Å². The van der Waals surface area contributed by atoms with Gasteiger partial charge in [0, 0.05) is 13.0 Å². The lowest BCUT2D eigenvalue weighted by atomic mass is 10.1. The van der Waals surface area contributed by atoms with Crippen LogP contribution in [0.2, 0.25) is 5.04 Å². The smallest absolute Gasteiger partial charge is 0.303 e. The van der Waals surface area contributed by atoms with E-state index in [-0.39, 0.29) is 11.5 Å². The van der Waals surface area contributed by atoms with Crippen molar-refractivity contribution in [1.82, 2.24) is 0 Å². The highest BCUT2D eigenvalue weighted by molar-refractivity contribution is 6.99. The second-order valence-electron chi connectivity index (χ2n) is 8.78. The van der Waals surface area contributed by atoms with Crippen LogP contribution in [0.1, 0.15) is 65.7 Å². The van der Waals surface area contributed by atoms with Crippen LogP contribution in [-0.2, 0) is 9.22 Å². The fourth-order valence-electron chi connectivity index (χ4n) is 4.07. The lowest BCUT2D eigenvalue weighted by Gasteiger charge is -2.43. The van der Waals surface area contributed by atoms with Crippen molar-refractivity contribution in [2.24, 2.45) is 0 Å². The Hall–Kier alpha value is -1.91. The number of carbonyl (C=O) groups is 1. The van der Waals surface area contributed by atoms with E-state index in [9.17, 15) is 4.79 Å². The first-order chi connectivity index (χ1) is 13.9. The van der Waals surface area contributed by atoms with Crippen molar-refractivity contribution in [2.75, 3.05) is 6.61 Å². The van der Waals surface area contributed by atoms with Crippen molar-refractivity contribution >= 4 is 24.7 Å². The second kappa shape index (κ2) is 11.3. The second-order valence-corrected chi connectivity index (χ2v) is 13.1. The first kappa shape index (κ1) is 23.4. The highest BCUT2D eigenvalue weighted by atomic mass is 28.4. The molecule has 0 unspecified atom stereocenters. The van der Waals surface area contributed by atoms with E-state index in [0.717, 1.165) is 45.1 Å². The Bertz CT molecular complexity index is 683. The summed E-state index contributed by atoms with van der Waals surface area (Å²) in [5, 5.41) is 11.4. The van der Waals surface area contributed by atoms with Crippen molar-refractivity contribution in [3.05, 3.63) is 60.7 Å². The van der Waals surface area contributed by atoms with Gasteiger partial charge in [0.2, 0.25) is 0 Å². The summed E-state index contributed by atoms with van der Waals surface area (Å²) in [5.74, 6) is -0.691. The van der Waals surface area contributed by atoms with Gasteiger partial charge in [-0.05, 0) is 28.3 Å². The van der Waals surface area contributed by atoms with Crippen molar-refractivity contribution in [2.45, 2.75) is 70.8 Å². The summed E-state index contributed by atoms with van der Waals surface area (Å²) in [6, 6.07) is 21.5. The summed E-state index contributed by atoms with van der Waals surface area (Å²) < 4.78 is 6.89. The third kappa shape index (κ3) is 6.55. The van der Waals surface area contributed by atoms with Crippen molar-refractivity contribution in [1.29, 1.82) is 0 Å². The lowest BCUT2D eigenvalue weighted by Crippen LogP contribution is -2.66. The van der Waals surface area contributed by atoms with Gasteiger partial charge in [0.05, 0.1) is 0 Å². The van der Waals surface area contributed by atoms with Crippen molar-refractivity contribution in [3.63, 3.8) is 0 Å². The third-order valence-corrected chi connectivity index (χ3v) is 10.6. The summed E-state index contributed by atoms with van der Waals surface area (Å²) in [7, 11) is -2.41. The number of hydrogen-bond acceptors (Lipinski definition) is 2. The molecule has 0 aromatic heterocycles. The van der Waals surface area contributed by atoms with Gasteiger partial charge in [-0.25, -0.2) is 0 Å². The molecule has 0 heterocycles. The van der Waals surface area contributed by atoms with Crippen LogP contribution in [0.5, 0.6) is 0 Å². The molecule has 29 heavy (non-hydrogen) atoms. The molecular formula is C25H36O3Si. The molecule has 0 saturated carbocycles. The number of benzene rings is 2. The Morgan fingerprint density at radius 2 is 1.24 bits per heavy atom. The molecular weight excluding hydrogens is 376 g/mol. The van der Waals surface area contributed by atoms with Gasteiger partial charge in [0.25, 0.3) is 8.32 Å². The molecule has 0 amide bonds. The Morgan fingerprint density at radius 3 is 1.69 bits per heavy atom. The van der Waals surface area contributed by atoms with Crippen LogP contribution < -0.4 is 10.4 Å². The van der Waals surface area contributed by atoms with Crippen molar-refractivity contribution in [3.8, 4) is 0 Å². The van der Waals surface area contributed by atoms with E-state index in [0.29, 0.717) is 0 Å². The van der Waals surface area contributed by atoms with E-state index in [1.807, 2.05) is 0 Å². The summed E-state index contributed by atoms with van der Waals surface area (Å²) in [6.45, 7) is 7.69.